The summed E-state index contributed by atoms with van der Waals surface area (Å²) in [6, 6.07) is 1.71. The second kappa shape index (κ2) is 6.75. The molecule has 26 heavy (non-hydrogen) atoms. The summed E-state index contributed by atoms with van der Waals surface area (Å²) in [6.07, 6.45) is 5.58. The number of thiophene rings is 1. The summed E-state index contributed by atoms with van der Waals surface area (Å²) in [4.78, 5) is 32.3. The van der Waals surface area contributed by atoms with Crippen molar-refractivity contribution < 1.29 is 9.59 Å². The number of hydrogen-bond acceptors (Lipinski definition) is 4. The quantitative estimate of drug-likeness (QED) is 0.863. The average molecular weight is 373 g/mol. The van der Waals surface area contributed by atoms with Crippen LogP contribution in [-0.4, -0.2) is 45.5 Å². The van der Waals surface area contributed by atoms with E-state index in [2.05, 4.69) is 15.6 Å². The van der Waals surface area contributed by atoms with Crippen LogP contribution in [0, 0.1) is 12.8 Å². The number of aromatic nitrogens is 2. The number of carbonyl (C=O) groups excluding carboxylic acids is 2. The third-order valence-electron chi connectivity index (χ3n) is 5.05. The van der Waals surface area contributed by atoms with Crippen LogP contribution in [0.4, 0.5) is 10.5 Å². The third kappa shape index (κ3) is 3.46. The number of anilines is 1. The molecule has 0 bridgehead atoms. The number of nitrogens with one attached hydrogen (secondary N) is 2. The number of aryl methyl sites for hydroxylation is 2. The highest BCUT2D eigenvalue weighted by molar-refractivity contribution is 7.10. The molecule has 2 N–H and O–H groups in total. The number of likely N-dealkylation sites (tertiary alicyclic amines) is 1. The van der Waals surface area contributed by atoms with Crippen molar-refractivity contribution in [3.8, 4) is 0 Å². The van der Waals surface area contributed by atoms with Crippen molar-refractivity contribution in [3.05, 3.63) is 34.5 Å². The summed E-state index contributed by atoms with van der Waals surface area (Å²) in [5.74, 6) is 1.14. The van der Waals surface area contributed by atoms with E-state index in [-0.39, 0.29) is 29.8 Å². The van der Waals surface area contributed by atoms with E-state index < -0.39 is 0 Å². The molecule has 3 amide bonds. The minimum atomic E-state index is -0.134. The summed E-state index contributed by atoms with van der Waals surface area (Å²) >= 11 is 1.60. The van der Waals surface area contributed by atoms with Crippen LogP contribution in [0.1, 0.15) is 29.5 Å². The van der Waals surface area contributed by atoms with Gasteiger partial charge in [-0.25, -0.2) is 9.78 Å². The second-order valence-corrected chi connectivity index (χ2v) is 8.29. The van der Waals surface area contributed by atoms with Crippen molar-refractivity contribution in [2.45, 2.75) is 31.7 Å². The minimum absolute atomic E-state index is 0.00680. The number of carbonyl (C=O) groups is 2. The van der Waals surface area contributed by atoms with Gasteiger partial charge in [0.25, 0.3) is 0 Å². The summed E-state index contributed by atoms with van der Waals surface area (Å²) in [6.45, 7) is 3.04. The van der Waals surface area contributed by atoms with Crippen LogP contribution < -0.4 is 10.6 Å². The van der Waals surface area contributed by atoms with Crippen molar-refractivity contribution in [1.29, 1.82) is 0 Å². The SMILES string of the molecule is Cc1cc(NC(=O)N2C[C@@H](NC(=O)C3CC3)[C@H](c3nccn3C)C2)cs1. The summed E-state index contributed by atoms with van der Waals surface area (Å²) in [5.41, 5.74) is 0.816. The van der Waals surface area contributed by atoms with Crippen LogP contribution in [0.15, 0.2) is 23.8 Å². The van der Waals surface area contributed by atoms with Crippen LogP contribution in [-0.2, 0) is 11.8 Å². The van der Waals surface area contributed by atoms with Gasteiger partial charge >= 0.3 is 6.03 Å². The fourth-order valence-corrected chi connectivity index (χ4v) is 4.10. The summed E-state index contributed by atoms with van der Waals surface area (Å²) in [5, 5.41) is 8.04. The first kappa shape index (κ1) is 17.1. The minimum Gasteiger partial charge on any atom is -0.351 e. The van der Waals surface area contributed by atoms with Gasteiger partial charge in [0.1, 0.15) is 5.82 Å². The maximum absolute atomic E-state index is 12.7. The Morgan fingerprint density at radius 1 is 1.31 bits per heavy atom. The Hall–Kier alpha value is -2.35. The molecule has 8 heteroatoms. The Morgan fingerprint density at radius 2 is 2.12 bits per heavy atom. The fraction of sp³-hybridized carbons (Fsp3) is 0.500. The highest BCUT2D eigenvalue weighted by atomic mass is 32.1. The van der Waals surface area contributed by atoms with E-state index in [4.69, 9.17) is 0 Å². The standard InChI is InChI=1S/C18H23N5O2S/c1-11-7-13(10-26-11)20-18(25)23-8-14(16-19-5-6-22(16)2)15(9-23)21-17(24)12-3-4-12/h5-7,10,12,14-15H,3-4,8-9H2,1-2H3,(H,20,25)(H,21,24)/t14-,15-/m1/s1. The molecule has 2 aromatic rings. The lowest BCUT2D eigenvalue weighted by atomic mass is 10.0. The van der Waals surface area contributed by atoms with Crippen LogP contribution in [0.3, 0.4) is 0 Å². The van der Waals surface area contributed by atoms with E-state index in [1.165, 1.54) is 0 Å². The van der Waals surface area contributed by atoms with Crippen LogP contribution in [0.25, 0.3) is 0 Å². The molecule has 2 aromatic heterocycles. The molecule has 3 heterocycles. The molecule has 2 fully saturated rings. The highest BCUT2D eigenvalue weighted by Gasteiger charge is 2.41. The Morgan fingerprint density at radius 3 is 2.73 bits per heavy atom. The Bertz CT molecular complexity index is 825. The largest absolute Gasteiger partial charge is 0.351 e. The lowest BCUT2D eigenvalue weighted by Crippen LogP contribution is -2.42. The molecule has 0 unspecified atom stereocenters. The summed E-state index contributed by atoms with van der Waals surface area (Å²) < 4.78 is 1.96. The molecule has 1 saturated carbocycles. The molecule has 0 spiro atoms. The zero-order chi connectivity index (χ0) is 18.3. The molecule has 1 saturated heterocycles. The van der Waals surface area contributed by atoms with Crippen molar-refractivity contribution in [2.75, 3.05) is 18.4 Å². The molecule has 0 aromatic carbocycles. The number of urea groups is 1. The van der Waals surface area contributed by atoms with Gasteiger partial charge < -0.3 is 20.1 Å². The van der Waals surface area contributed by atoms with Crippen LogP contribution in [0.5, 0.6) is 0 Å². The molecule has 2 aliphatic rings. The fourth-order valence-electron chi connectivity index (χ4n) is 3.47. The monoisotopic (exact) mass is 373 g/mol. The topological polar surface area (TPSA) is 79.3 Å². The Labute approximate surface area is 156 Å². The van der Waals surface area contributed by atoms with E-state index in [0.717, 1.165) is 29.2 Å². The van der Waals surface area contributed by atoms with Gasteiger partial charge in [0.15, 0.2) is 0 Å². The highest BCUT2D eigenvalue weighted by Crippen LogP contribution is 2.32. The zero-order valence-electron chi connectivity index (χ0n) is 14.9. The van der Waals surface area contributed by atoms with E-state index >= 15 is 0 Å². The predicted octanol–water partition coefficient (Wildman–Crippen LogP) is 2.32. The van der Waals surface area contributed by atoms with Crippen molar-refractivity contribution in [1.82, 2.24) is 19.8 Å². The first-order valence-corrected chi connectivity index (χ1v) is 9.78. The van der Waals surface area contributed by atoms with Gasteiger partial charge in [-0.1, -0.05) is 0 Å². The smallest absolute Gasteiger partial charge is 0.321 e. The van der Waals surface area contributed by atoms with E-state index in [1.807, 2.05) is 36.2 Å². The van der Waals surface area contributed by atoms with Crippen LogP contribution >= 0.6 is 11.3 Å². The van der Waals surface area contributed by atoms with Crippen molar-refractivity contribution in [2.24, 2.45) is 13.0 Å². The molecular formula is C18H23N5O2S. The lowest BCUT2D eigenvalue weighted by molar-refractivity contribution is -0.123. The molecule has 4 rings (SSSR count). The number of hydrogen-bond donors (Lipinski definition) is 2. The molecule has 2 atom stereocenters. The van der Waals surface area contributed by atoms with Gasteiger partial charge in [0, 0.05) is 48.7 Å². The maximum Gasteiger partial charge on any atom is 0.321 e. The number of imidazole rings is 1. The van der Waals surface area contributed by atoms with Crippen molar-refractivity contribution >= 4 is 29.0 Å². The molecule has 0 radical (unpaired) electrons. The second-order valence-electron chi connectivity index (χ2n) is 7.17. The lowest BCUT2D eigenvalue weighted by Gasteiger charge is -2.19. The zero-order valence-corrected chi connectivity index (χ0v) is 15.8. The third-order valence-corrected chi connectivity index (χ3v) is 5.92. The van der Waals surface area contributed by atoms with Gasteiger partial charge in [0.05, 0.1) is 17.6 Å². The van der Waals surface area contributed by atoms with Crippen LogP contribution in [0.2, 0.25) is 0 Å². The number of nitrogens with zero attached hydrogens (tertiary/aromatic N) is 3. The van der Waals surface area contributed by atoms with Gasteiger partial charge in [0.2, 0.25) is 5.91 Å². The van der Waals surface area contributed by atoms with Gasteiger partial charge in [-0.05, 0) is 25.8 Å². The normalized spacial score (nSPS) is 22.5. The number of amides is 3. The molecular weight excluding hydrogens is 350 g/mol. The predicted molar refractivity (Wildman–Crippen MR) is 100 cm³/mol. The molecule has 7 nitrogen and oxygen atoms in total. The van der Waals surface area contributed by atoms with Gasteiger partial charge in [-0.15, -0.1) is 11.3 Å². The molecule has 1 aliphatic carbocycles. The van der Waals surface area contributed by atoms with Gasteiger partial charge in [-0.2, -0.15) is 0 Å². The van der Waals surface area contributed by atoms with Gasteiger partial charge in [-0.3, -0.25) is 4.79 Å². The van der Waals surface area contributed by atoms with E-state index in [1.54, 1.807) is 22.4 Å². The Kier molecular flexibility index (Phi) is 4.44. The first-order chi connectivity index (χ1) is 12.5. The molecule has 1 aliphatic heterocycles. The molecule has 138 valence electrons. The Balaban J connectivity index is 1.49. The van der Waals surface area contributed by atoms with E-state index in [0.29, 0.717) is 13.1 Å². The number of rotatable bonds is 4. The van der Waals surface area contributed by atoms with Crippen molar-refractivity contribution in [3.63, 3.8) is 0 Å². The summed E-state index contributed by atoms with van der Waals surface area (Å²) in [7, 11) is 1.94. The van der Waals surface area contributed by atoms with E-state index in [9.17, 15) is 9.59 Å². The average Bonchev–Trinajstić information content (AvgIpc) is 3.06. The maximum atomic E-state index is 12.7. The first-order valence-electron chi connectivity index (χ1n) is 8.90.